The Bertz CT molecular complexity index is 2340. The summed E-state index contributed by atoms with van der Waals surface area (Å²) in [6.07, 6.45) is 3.58. The highest BCUT2D eigenvalue weighted by Crippen LogP contribution is 2.31. The number of pyridine rings is 1. The second kappa shape index (κ2) is 11.5. The number of hydrogen-bond donors (Lipinski definition) is 0. The number of benzene rings is 5. The van der Waals surface area contributed by atoms with Crippen LogP contribution in [0.15, 0.2) is 155 Å². The molecule has 0 N–H and O–H groups in total. The molecule has 4 heterocycles. The zero-order chi connectivity index (χ0) is 31.9. The van der Waals surface area contributed by atoms with E-state index in [1.54, 1.807) is 12.4 Å². The monoisotopic (exact) mass is 620 g/mol. The molecule has 0 saturated carbocycles. The van der Waals surface area contributed by atoms with Crippen LogP contribution in [0.25, 0.3) is 90.4 Å². The van der Waals surface area contributed by atoms with Crippen molar-refractivity contribution in [3.8, 4) is 68.2 Å². The highest BCUT2D eigenvalue weighted by molar-refractivity contribution is 5.78. The number of nitrogens with zero attached hydrogens (tertiary/aromatic N) is 6. The van der Waals surface area contributed by atoms with E-state index in [4.69, 9.17) is 23.8 Å². The van der Waals surface area contributed by atoms with Crippen LogP contribution in [0.5, 0.6) is 0 Å². The second-order valence-corrected chi connectivity index (χ2v) is 11.2. The lowest BCUT2D eigenvalue weighted by molar-refractivity contribution is 0.619. The lowest BCUT2D eigenvalue weighted by atomic mass is 10.0. The Kier molecular flexibility index (Phi) is 6.61. The third-order valence-electron chi connectivity index (χ3n) is 8.16. The fourth-order valence-corrected chi connectivity index (χ4v) is 5.63. The van der Waals surface area contributed by atoms with Crippen molar-refractivity contribution in [2.24, 2.45) is 0 Å². The summed E-state index contributed by atoms with van der Waals surface area (Å²) in [6.45, 7) is 0. The summed E-state index contributed by atoms with van der Waals surface area (Å²) in [7, 11) is 0. The van der Waals surface area contributed by atoms with Crippen molar-refractivity contribution >= 4 is 22.2 Å². The van der Waals surface area contributed by atoms with Gasteiger partial charge in [-0.25, -0.2) is 24.9 Å². The highest BCUT2D eigenvalue weighted by atomic mass is 16.4. The minimum Gasteiger partial charge on any atom is -0.436 e. The molecule has 226 valence electrons. The van der Waals surface area contributed by atoms with Crippen LogP contribution >= 0.6 is 0 Å². The molecule has 0 spiro atoms. The van der Waals surface area contributed by atoms with E-state index < -0.39 is 0 Å². The molecule has 0 saturated heterocycles. The van der Waals surface area contributed by atoms with Gasteiger partial charge in [0.15, 0.2) is 28.6 Å². The molecule has 0 aliphatic rings. The normalized spacial score (nSPS) is 11.3. The average Bonchev–Trinajstić information content (AvgIpc) is 3.80. The van der Waals surface area contributed by atoms with Crippen LogP contribution in [0.1, 0.15) is 0 Å². The molecule has 0 unspecified atom stereocenters. The van der Waals surface area contributed by atoms with Gasteiger partial charge >= 0.3 is 0 Å². The van der Waals surface area contributed by atoms with E-state index in [1.807, 2.05) is 121 Å². The van der Waals surface area contributed by atoms with Crippen LogP contribution in [0.4, 0.5) is 0 Å². The van der Waals surface area contributed by atoms with Crippen molar-refractivity contribution in [3.05, 3.63) is 146 Å². The summed E-state index contributed by atoms with van der Waals surface area (Å²) in [4.78, 5) is 28.2. The van der Waals surface area contributed by atoms with Crippen LogP contribution in [0.2, 0.25) is 0 Å². The van der Waals surface area contributed by atoms with E-state index >= 15 is 0 Å². The van der Waals surface area contributed by atoms with E-state index in [0.29, 0.717) is 29.3 Å². The maximum absolute atomic E-state index is 5.99. The first kappa shape index (κ1) is 27.5. The molecule has 0 bridgehead atoms. The topological polar surface area (TPSA) is 104 Å². The number of oxazole rings is 2. The van der Waals surface area contributed by atoms with Crippen LogP contribution < -0.4 is 0 Å². The van der Waals surface area contributed by atoms with E-state index in [2.05, 4.69) is 27.1 Å². The van der Waals surface area contributed by atoms with Crippen LogP contribution in [0, 0.1) is 0 Å². The number of fused-ring (bicyclic) bond motifs is 2. The van der Waals surface area contributed by atoms with Gasteiger partial charge in [0.1, 0.15) is 11.0 Å². The van der Waals surface area contributed by atoms with E-state index in [9.17, 15) is 0 Å². The Balaban J connectivity index is 1.10. The Hall–Kier alpha value is -6.80. The first-order valence-electron chi connectivity index (χ1n) is 15.4. The van der Waals surface area contributed by atoms with Gasteiger partial charge in [-0.15, -0.1) is 0 Å². The summed E-state index contributed by atoms with van der Waals surface area (Å²) in [5.74, 6) is 2.81. The van der Waals surface area contributed by atoms with E-state index in [-0.39, 0.29) is 0 Å². The third kappa shape index (κ3) is 5.17. The van der Waals surface area contributed by atoms with Gasteiger partial charge in [-0.05, 0) is 71.8 Å². The molecular weight excluding hydrogens is 596 g/mol. The van der Waals surface area contributed by atoms with Crippen molar-refractivity contribution in [2.75, 3.05) is 0 Å². The van der Waals surface area contributed by atoms with Gasteiger partial charge in [0.25, 0.3) is 0 Å². The molecule has 8 nitrogen and oxygen atoms in total. The standard InChI is InChI=1S/C40H24N6O2/c1-3-7-34-32(5-1)42-39(47-34)30-17-13-28(14-18-30)37-44-36(27-11-9-25(10-12-27)26-21-23-41-24-22-26)45-38(46-37)29-15-19-31(20-16-29)40-43-33-6-2-4-8-35(33)48-40/h1-24H. The Morgan fingerprint density at radius 3 is 1.08 bits per heavy atom. The summed E-state index contributed by atoms with van der Waals surface area (Å²) in [5, 5.41) is 0. The van der Waals surface area contributed by atoms with E-state index in [0.717, 1.165) is 61.1 Å². The average molecular weight is 621 g/mol. The predicted octanol–water partition coefficient (Wildman–Crippen LogP) is 9.55. The maximum Gasteiger partial charge on any atom is 0.227 e. The fraction of sp³-hybridized carbons (Fsp3) is 0. The van der Waals surface area contributed by atoms with Gasteiger partial charge in [-0.2, -0.15) is 0 Å². The van der Waals surface area contributed by atoms with E-state index in [1.165, 1.54) is 0 Å². The molecule has 0 atom stereocenters. The molecule has 0 fully saturated rings. The molecule has 0 aliphatic heterocycles. The Morgan fingerprint density at radius 1 is 0.312 bits per heavy atom. The predicted molar refractivity (Wildman–Crippen MR) is 185 cm³/mol. The first-order valence-corrected chi connectivity index (χ1v) is 15.4. The minimum absolute atomic E-state index is 0.556. The van der Waals surface area contributed by atoms with Crippen molar-refractivity contribution in [1.82, 2.24) is 29.9 Å². The molecule has 9 rings (SSSR count). The molecule has 0 radical (unpaired) electrons. The van der Waals surface area contributed by atoms with Crippen LogP contribution in [-0.4, -0.2) is 29.9 Å². The Labute approximate surface area is 274 Å². The van der Waals surface area contributed by atoms with Crippen LogP contribution in [-0.2, 0) is 0 Å². The number of aromatic nitrogens is 6. The minimum atomic E-state index is 0.556. The lowest BCUT2D eigenvalue weighted by Gasteiger charge is -2.10. The Morgan fingerprint density at radius 2 is 0.667 bits per heavy atom. The summed E-state index contributed by atoms with van der Waals surface area (Å²) in [6, 6.07) is 43.5. The summed E-state index contributed by atoms with van der Waals surface area (Å²) >= 11 is 0. The van der Waals surface area contributed by atoms with Gasteiger partial charge in [0, 0.05) is 40.2 Å². The largest absolute Gasteiger partial charge is 0.436 e. The second-order valence-electron chi connectivity index (χ2n) is 11.2. The van der Waals surface area contributed by atoms with Crippen molar-refractivity contribution < 1.29 is 8.83 Å². The number of rotatable bonds is 6. The van der Waals surface area contributed by atoms with Gasteiger partial charge in [-0.1, -0.05) is 72.8 Å². The molecular formula is C40H24N6O2. The summed E-state index contributed by atoms with van der Waals surface area (Å²) < 4.78 is 12.0. The van der Waals surface area contributed by atoms with Crippen molar-refractivity contribution in [2.45, 2.75) is 0 Å². The molecule has 9 aromatic rings. The molecule has 0 aliphatic carbocycles. The molecule has 0 amide bonds. The first-order chi connectivity index (χ1) is 23.7. The van der Waals surface area contributed by atoms with Gasteiger partial charge < -0.3 is 8.83 Å². The lowest BCUT2D eigenvalue weighted by Crippen LogP contribution is -2.00. The molecule has 48 heavy (non-hydrogen) atoms. The van der Waals surface area contributed by atoms with Crippen molar-refractivity contribution in [1.29, 1.82) is 0 Å². The van der Waals surface area contributed by atoms with Crippen LogP contribution in [0.3, 0.4) is 0 Å². The maximum atomic E-state index is 5.99. The molecule has 5 aromatic carbocycles. The zero-order valence-corrected chi connectivity index (χ0v) is 25.4. The smallest absolute Gasteiger partial charge is 0.227 e. The van der Waals surface area contributed by atoms with Gasteiger partial charge in [0.2, 0.25) is 11.8 Å². The number of para-hydroxylation sites is 4. The summed E-state index contributed by atoms with van der Waals surface area (Å²) in [5.41, 5.74) is 9.61. The van der Waals surface area contributed by atoms with Gasteiger partial charge in [-0.3, -0.25) is 4.98 Å². The zero-order valence-electron chi connectivity index (χ0n) is 25.4. The van der Waals surface area contributed by atoms with Crippen molar-refractivity contribution in [3.63, 3.8) is 0 Å². The fourth-order valence-electron chi connectivity index (χ4n) is 5.63. The molecule has 4 aromatic heterocycles. The third-order valence-corrected chi connectivity index (χ3v) is 8.16. The number of hydrogen-bond acceptors (Lipinski definition) is 8. The SMILES string of the molecule is c1ccc2oc(-c3ccc(-c4nc(-c5ccc(-c6ccncc6)cc5)nc(-c5ccc(-c6nc7ccccc7o6)cc5)n4)cc3)nc2c1. The highest BCUT2D eigenvalue weighted by Gasteiger charge is 2.15. The quantitative estimate of drug-likeness (QED) is 0.181. The van der Waals surface area contributed by atoms with Gasteiger partial charge in [0.05, 0.1) is 0 Å². The molecule has 8 heteroatoms.